The fraction of sp³-hybridized carbons (Fsp3) is 0.0500. The lowest BCUT2D eigenvalue weighted by Crippen LogP contribution is -2.30. The van der Waals surface area contributed by atoms with Gasteiger partial charge in [0.15, 0.2) is 10.1 Å². The third kappa shape index (κ3) is 3.06. The molecule has 0 aliphatic rings. The number of amides is 1. The van der Waals surface area contributed by atoms with E-state index in [4.69, 9.17) is 4.42 Å². The molecule has 5 aromatic rings. The number of benzene rings is 2. The zero-order valence-electron chi connectivity index (χ0n) is 14.3. The van der Waals surface area contributed by atoms with E-state index >= 15 is 0 Å². The fourth-order valence-corrected chi connectivity index (χ4v) is 4.77. The van der Waals surface area contributed by atoms with Crippen LogP contribution in [0.4, 0.5) is 9.52 Å². The van der Waals surface area contributed by atoms with Crippen LogP contribution in [-0.2, 0) is 6.54 Å². The zero-order valence-corrected chi connectivity index (χ0v) is 16.0. The molecule has 1 amide bonds. The Kier molecular flexibility index (Phi) is 4.14. The molecular formula is C20H12FN3O2S2. The van der Waals surface area contributed by atoms with E-state index in [2.05, 4.69) is 9.97 Å². The van der Waals surface area contributed by atoms with E-state index in [1.807, 2.05) is 24.3 Å². The number of carbonyl (C=O) groups is 1. The molecule has 28 heavy (non-hydrogen) atoms. The third-order valence-electron chi connectivity index (χ3n) is 4.19. The minimum absolute atomic E-state index is 0.212. The number of halogens is 1. The van der Waals surface area contributed by atoms with Crippen LogP contribution in [-0.4, -0.2) is 15.9 Å². The average Bonchev–Trinajstić information content (AvgIpc) is 3.43. The zero-order chi connectivity index (χ0) is 19.1. The lowest BCUT2D eigenvalue weighted by molar-refractivity contribution is 0.0983. The highest BCUT2D eigenvalue weighted by atomic mass is 32.1. The summed E-state index contributed by atoms with van der Waals surface area (Å²) in [6.45, 7) is 0.212. The number of aromatic nitrogens is 2. The molecule has 5 rings (SSSR count). The van der Waals surface area contributed by atoms with Gasteiger partial charge in [-0.25, -0.2) is 14.4 Å². The molecule has 0 saturated heterocycles. The molecule has 8 heteroatoms. The fourth-order valence-electron chi connectivity index (χ4n) is 2.87. The van der Waals surface area contributed by atoms with Gasteiger partial charge in [0.25, 0.3) is 5.91 Å². The summed E-state index contributed by atoms with van der Waals surface area (Å²) in [6.07, 6.45) is 1.56. The van der Waals surface area contributed by atoms with Crippen LogP contribution in [0.2, 0.25) is 0 Å². The molecule has 2 aromatic carbocycles. The molecule has 0 fully saturated rings. The Labute approximate surface area is 166 Å². The summed E-state index contributed by atoms with van der Waals surface area (Å²) in [5.74, 6) is 0.0230. The predicted octanol–water partition coefficient (Wildman–Crippen LogP) is 5.49. The van der Waals surface area contributed by atoms with Crippen molar-refractivity contribution in [1.82, 2.24) is 9.97 Å². The van der Waals surface area contributed by atoms with Gasteiger partial charge in [-0.2, -0.15) is 0 Å². The second-order valence-electron chi connectivity index (χ2n) is 6.07. The molecule has 0 unspecified atom stereocenters. The maximum Gasteiger partial charge on any atom is 0.289 e. The molecule has 0 aliphatic carbocycles. The Balaban J connectivity index is 1.59. The highest BCUT2D eigenvalue weighted by molar-refractivity contribution is 7.22. The molecule has 138 valence electrons. The maximum atomic E-state index is 13.6. The van der Waals surface area contributed by atoms with Gasteiger partial charge in [-0.15, -0.1) is 11.3 Å². The van der Waals surface area contributed by atoms with Crippen molar-refractivity contribution < 1.29 is 13.6 Å². The average molecular weight is 409 g/mol. The van der Waals surface area contributed by atoms with E-state index in [-0.39, 0.29) is 18.3 Å². The van der Waals surface area contributed by atoms with Crippen molar-refractivity contribution in [3.63, 3.8) is 0 Å². The minimum atomic E-state index is -0.335. The van der Waals surface area contributed by atoms with E-state index in [0.29, 0.717) is 26.1 Å². The second kappa shape index (κ2) is 6.81. The van der Waals surface area contributed by atoms with Crippen molar-refractivity contribution in [3.8, 4) is 0 Å². The Hall–Kier alpha value is -3.10. The Morgan fingerprint density at radius 1 is 1.00 bits per heavy atom. The summed E-state index contributed by atoms with van der Waals surface area (Å²) in [5, 5.41) is 0.847. The highest BCUT2D eigenvalue weighted by Crippen LogP contribution is 2.32. The van der Waals surface area contributed by atoms with Crippen LogP contribution in [0.5, 0.6) is 0 Å². The molecule has 3 heterocycles. The van der Waals surface area contributed by atoms with E-state index in [0.717, 1.165) is 10.2 Å². The Bertz CT molecular complexity index is 1260. The number of fused-ring (bicyclic) bond motifs is 2. The first-order valence-corrected chi connectivity index (χ1v) is 10.1. The molecule has 0 radical (unpaired) electrons. The molecule has 0 spiro atoms. The summed E-state index contributed by atoms with van der Waals surface area (Å²) in [4.78, 5) is 23.8. The van der Waals surface area contributed by atoms with Crippen molar-refractivity contribution in [3.05, 3.63) is 77.4 Å². The van der Waals surface area contributed by atoms with Gasteiger partial charge in [0.05, 0.1) is 33.2 Å². The monoisotopic (exact) mass is 409 g/mol. The van der Waals surface area contributed by atoms with Crippen molar-refractivity contribution in [1.29, 1.82) is 0 Å². The number of hydrogen-bond acceptors (Lipinski definition) is 6. The highest BCUT2D eigenvalue weighted by Gasteiger charge is 2.25. The summed E-state index contributed by atoms with van der Waals surface area (Å²) >= 11 is 2.59. The van der Waals surface area contributed by atoms with Crippen LogP contribution < -0.4 is 4.90 Å². The number of para-hydroxylation sites is 1. The van der Waals surface area contributed by atoms with E-state index < -0.39 is 0 Å². The number of rotatable bonds is 4. The van der Waals surface area contributed by atoms with E-state index in [1.165, 1.54) is 39.7 Å². The van der Waals surface area contributed by atoms with Gasteiger partial charge >= 0.3 is 0 Å². The number of nitrogens with zero attached hydrogens (tertiary/aromatic N) is 3. The normalized spacial score (nSPS) is 11.3. The van der Waals surface area contributed by atoms with E-state index in [1.54, 1.807) is 24.5 Å². The van der Waals surface area contributed by atoms with Gasteiger partial charge in [0, 0.05) is 0 Å². The summed E-state index contributed by atoms with van der Waals surface area (Å²) < 4.78 is 20.6. The maximum absolute atomic E-state index is 13.6. The lowest BCUT2D eigenvalue weighted by atomic mass is 10.3. The van der Waals surface area contributed by atoms with Crippen LogP contribution in [0.15, 0.2) is 65.3 Å². The second-order valence-corrected chi connectivity index (χ2v) is 8.11. The number of anilines is 1. The van der Waals surface area contributed by atoms with Gasteiger partial charge in [-0.1, -0.05) is 23.5 Å². The van der Waals surface area contributed by atoms with Crippen LogP contribution in [0.1, 0.15) is 15.6 Å². The first-order valence-electron chi connectivity index (χ1n) is 8.43. The number of furan rings is 1. The van der Waals surface area contributed by atoms with Gasteiger partial charge in [0.2, 0.25) is 0 Å². The third-order valence-corrected chi connectivity index (χ3v) is 6.25. The number of thiazole rings is 2. The summed E-state index contributed by atoms with van der Waals surface area (Å²) in [7, 11) is 0. The molecule has 3 aromatic heterocycles. The van der Waals surface area contributed by atoms with Gasteiger partial charge in [-0.05, 0) is 42.5 Å². The lowest BCUT2D eigenvalue weighted by Gasteiger charge is -2.17. The Morgan fingerprint density at radius 3 is 2.68 bits per heavy atom. The first-order chi connectivity index (χ1) is 13.7. The van der Waals surface area contributed by atoms with Crippen LogP contribution in [0.3, 0.4) is 0 Å². The van der Waals surface area contributed by atoms with Gasteiger partial charge in [0.1, 0.15) is 11.6 Å². The quantitative estimate of drug-likeness (QED) is 0.394. The van der Waals surface area contributed by atoms with E-state index in [9.17, 15) is 9.18 Å². The molecule has 0 aliphatic heterocycles. The SMILES string of the molecule is O=C(c1nc2ccccc2s1)N(Cc1ccco1)c1nc2ccc(F)cc2s1. The first kappa shape index (κ1) is 17.0. The van der Waals surface area contributed by atoms with Crippen molar-refractivity contribution in [2.45, 2.75) is 6.54 Å². The van der Waals surface area contributed by atoms with Crippen LogP contribution >= 0.6 is 22.7 Å². The standard InChI is InChI=1S/C20H12FN3O2S2/c21-12-7-8-15-17(10-12)28-20(23-15)24(11-13-4-3-9-26-13)19(25)18-22-14-5-1-2-6-16(14)27-18/h1-10H,11H2. The van der Waals surface area contributed by atoms with Gasteiger partial charge in [-0.3, -0.25) is 9.69 Å². The number of carbonyl (C=O) groups excluding carboxylic acids is 1. The van der Waals surface area contributed by atoms with Gasteiger partial charge < -0.3 is 4.42 Å². The van der Waals surface area contributed by atoms with Crippen molar-refractivity contribution in [2.75, 3.05) is 4.90 Å². The number of hydrogen-bond donors (Lipinski definition) is 0. The molecule has 0 bridgehead atoms. The smallest absolute Gasteiger partial charge is 0.289 e. The molecule has 0 saturated carbocycles. The topological polar surface area (TPSA) is 59.2 Å². The predicted molar refractivity (Wildman–Crippen MR) is 108 cm³/mol. The van der Waals surface area contributed by atoms with Crippen LogP contribution in [0, 0.1) is 5.82 Å². The summed E-state index contributed by atoms with van der Waals surface area (Å²) in [5.41, 5.74) is 1.42. The molecular weight excluding hydrogens is 397 g/mol. The Morgan fingerprint density at radius 2 is 1.86 bits per heavy atom. The van der Waals surface area contributed by atoms with Crippen LogP contribution in [0.25, 0.3) is 20.4 Å². The molecule has 0 N–H and O–H groups in total. The largest absolute Gasteiger partial charge is 0.467 e. The van der Waals surface area contributed by atoms with Crippen molar-refractivity contribution in [2.24, 2.45) is 0 Å². The van der Waals surface area contributed by atoms with Crippen molar-refractivity contribution >= 4 is 54.1 Å². The minimum Gasteiger partial charge on any atom is -0.467 e. The molecule has 5 nitrogen and oxygen atoms in total. The molecule has 0 atom stereocenters. The summed E-state index contributed by atoms with van der Waals surface area (Å²) in [6, 6.07) is 15.6.